The summed E-state index contributed by atoms with van der Waals surface area (Å²) in [5.41, 5.74) is 0. The molecule has 1 aliphatic carbocycles. The standard InChI is InChI=1S/C14H30N2O2S/c1-4-13-7-9-14(10-8-13)16(3)19(17,18)12-6-5-11-15-2/h13-15H,4-12H2,1-3H3. The Bertz CT molecular complexity index is 335. The molecule has 0 saturated heterocycles. The van der Waals surface area contributed by atoms with Crippen molar-refractivity contribution < 1.29 is 8.42 Å². The van der Waals surface area contributed by atoms with Gasteiger partial charge < -0.3 is 5.32 Å². The summed E-state index contributed by atoms with van der Waals surface area (Å²) in [6.45, 7) is 3.12. The molecular weight excluding hydrogens is 260 g/mol. The van der Waals surface area contributed by atoms with E-state index >= 15 is 0 Å². The molecule has 0 bridgehead atoms. The maximum Gasteiger partial charge on any atom is 0.214 e. The highest BCUT2D eigenvalue weighted by Crippen LogP contribution is 2.30. The number of hydrogen-bond acceptors (Lipinski definition) is 3. The van der Waals surface area contributed by atoms with E-state index in [0.29, 0.717) is 5.75 Å². The van der Waals surface area contributed by atoms with Crippen LogP contribution in [0, 0.1) is 5.92 Å². The number of rotatable bonds is 8. The van der Waals surface area contributed by atoms with E-state index in [2.05, 4.69) is 12.2 Å². The summed E-state index contributed by atoms with van der Waals surface area (Å²) in [4.78, 5) is 0. The van der Waals surface area contributed by atoms with Crippen molar-refractivity contribution in [2.75, 3.05) is 26.4 Å². The van der Waals surface area contributed by atoms with Gasteiger partial charge in [0.05, 0.1) is 5.75 Å². The van der Waals surface area contributed by atoms with Crippen molar-refractivity contribution >= 4 is 10.0 Å². The van der Waals surface area contributed by atoms with Crippen molar-refractivity contribution in [2.24, 2.45) is 5.92 Å². The first-order chi connectivity index (χ1) is 9.01. The highest BCUT2D eigenvalue weighted by atomic mass is 32.2. The van der Waals surface area contributed by atoms with Gasteiger partial charge in [-0.05, 0) is 58.0 Å². The van der Waals surface area contributed by atoms with Gasteiger partial charge in [0.15, 0.2) is 0 Å². The largest absolute Gasteiger partial charge is 0.320 e. The Morgan fingerprint density at radius 1 is 1.16 bits per heavy atom. The Kier molecular flexibility index (Phi) is 7.32. The fourth-order valence-electron chi connectivity index (χ4n) is 2.87. The minimum Gasteiger partial charge on any atom is -0.320 e. The van der Waals surface area contributed by atoms with Crippen molar-refractivity contribution in [3.8, 4) is 0 Å². The monoisotopic (exact) mass is 290 g/mol. The fourth-order valence-corrected chi connectivity index (χ4v) is 4.40. The van der Waals surface area contributed by atoms with E-state index in [1.807, 2.05) is 7.05 Å². The van der Waals surface area contributed by atoms with Gasteiger partial charge in [0.1, 0.15) is 0 Å². The molecule has 0 heterocycles. The summed E-state index contributed by atoms with van der Waals surface area (Å²) in [6.07, 6.45) is 7.33. The average molecular weight is 290 g/mol. The van der Waals surface area contributed by atoms with Gasteiger partial charge in [0.2, 0.25) is 10.0 Å². The van der Waals surface area contributed by atoms with Crippen LogP contribution >= 0.6 is 0 Å². The topological polar surface area (TPSA) is 49.4 Å². The van der Waals surface area contributed by atoms with Gasteiger partial charge in [-0.1, -0.05) is 13.3 Å². The number of sulfonamides is 1. The first kappa shape index (κ1) is 16.9. The third kappa shape index (κ3) is 5.40. The normalized spacial score (nSPS) is 24.8. The molecule has 4 nitrogen and oxygen atoms in total. The molecular formula is C14H30N2O2S. The summed E-state index contributed by atoms with van der Waals surface area (Å²) in [6, 6.07) is 0.233. The van der Waals surface area contributed by atoms with Gasteiger partial charge >= 0.3 is 0 Å². The third-order valence-electron chi connectivity index (χ3n) is 4.43. The number of nitrogens with one attached hydrogen (secondary N) is 1. The molecule has 114 valence electrons. The van der Waals surface area contributed by atoms with Crippen LogP contribution in [0.4, 0.5) is 0 Å². The molecule has 0 atom stereocenters. The van der Waals surface area contributed by atoms with E-state index in [9.17, 15) is 8.42 Å². The zero-order valence-electron chi connectivity index (χ0n) is 12.7. The molecule has 0 aliphatic heterocycles. The fraction of sp³-hybridized carbons (Fsp3) is 1.00. The predicted octanol–water partition coefficient (Wildman–Crippen LogP) is 2.22. The first-order valence-electron chi connectivity index (χ1n) is 7.61. The van der Waals surface area contributed by atoms with Crippen molar-refractivity contribution in [3.05, 3.63) is 0 Å². The summed E-state index contributed by atoms with van der Waals surface area (Å²) < 4.78 is 26.2. The van der Waals surface area contributed by atoms with E-state index in [1.165, 1.54) is 19.3 Å². The van der Waals surface area contributed by atoms with E-state index in [0.717, 1.165) is 38.1 Å². The smallest absolute Gasteiger partial charge is 0.214 e. The quantitative estimate of drug-likeness (QED) is 0.697. The Labute approximate surface area is 119 Å². The van der Waals surface area contributed by atoms with Crippen LogP contribution in [-0.2, 0) is 10.0 Å². The molecule has 0 aromatic heterocycles. The SMILES string of the molecule is CCC1CCC(N(C)S(=O)(=O)CCCCNC)CC1. The molecule has 1 rings (SSSR count). The van der Waals surface area contributed by atoms with Crippen LogP contribution in [0.15, 0.2) is 0 Å². The second-order valence-electron chi connectivity index (χ2n) is 5.73. The van der Waals surface area contributed by atoms with Gasteiger partial charge in [-0.3, -0.25) is 0 Å². The first-order valence-corrected chi connectivity index (χ1v) is 9.22. The lowest BCUT2D eigenvalue weighted by molar-refractivity contribution is 0.233. The van der Waals surface area contributed by atoms with Crippen molar-refractivity contribution in [1.29, 1.82) is 0 Å². The molecule has 1 fully saturated rings. The Morgan fingerprint density at radius 2 is 1.79 bits per heavy atom. The van der Waals surface area contributed by atoms with Gasteiger partial charge in [-0.15, -0.1) is 0 Å². The maximum absolute atomic E-state index is 12.2. The molecule has 0 radical (unpaired) electrons. The Morgan fingerprint density at radius 3 is 2.32 bits per heavy atom. The molecule has 1 N–H and O–H groups in total. The zero-order valence-corrected chi connectivity index (χ0v) is 13.5. The summed E-state index contributed by atoms with van der Waals surface area (Å²) in [5, 5.41) is 3.05. The summed E-state index contributed by atoms with van der Waals surface area (Å²) in [7, 11) is 0.605. The van der Waals surface area contributed by atoms with Gasteiger partial charge in [-0.2, -0.15) is 0 Å². The number of nitrogens with zero attached hydrogens (tertiary/aromatic N) is 1. The third-order valence-corrected chi connectivity index (χ3v) is 6.41. The van der Waals surface area contributed by atoms with E-state index < -0.39 is 10.0 Å². The predicted molar refractivity (Wildman–Crippen MR) is 80.7 cm³/mol. The molecule has 0 aromatic rings. The Hall–Kier alpha value is -0.130. The van der Waals surface area contributed by atoms with Gasteiger partial charge in [0, 0.05) is 13.1 Å². The van der Waals surface area contributed by atoms with E-state index in [-0.39, 0.29) is 6.04 Å². The minimum absolute atomic E-state index is 0.233. The number of hydrogen-bond donors (Lipinski definition) is 1. The molecule has 0 aromatic carbocycles. The van der Waals surface area contributed by atoms with Crippen molar-refractivity contribution in [2.45, 2.75) is 57.9 Å². The second-order valence-corrected chi connectivity index (χ2v) is 7.87. The van der Waals surface area contributed by atoms with Crippen LogP contribution in [0.5, 0.6) is 0 Å². The lowest BCUT2D eigenvalue weighted by Crippen LogP contribution is -2.40. The number of unbranched alkanes of at least 4 members (excludes halogenated alkanes) is 1. The maximum atomic E-state index is 12.2. The molecule has 0 unspecified atom stereocenters. The lowest BCUT2D eigenvalue weighted by atomic mass is 9.85. The zero-order chi connectivity index (χ0) is 14.3. The van der Waals surface area contributed by atoms with Crippen LogP contribution in [0.2, 0.25) is 0 Å². The van der Waals surface area contributed by atoms with Crippen LogP contribution in [-0.4, -0.2) is 45.2 Å². The average Bonchev–Trinajstić information content (AvgIpc) is 2.43. The minimum atomic E-state index is -3.06. The van der Waals surface area contributed by atoms with Crippen LogP contribution < -0.4 is 5.32 Å². The van der Waals surface area contributed by atoms with Gasteiger partial charge in [0.25, 0.3) is 0 Å². The van der Waals surface area contributed by atoms with E-state index in [1.54, 1.807) is 11.4 Å². The van der Waals surface area contributed by atoms with Crippen molar-refractivity contribution in [1.82, 2.24) is 9.62 Å². The molecule has 0 amide bonds. The summed E-state index contributed by atoms with van der Waals surface area (Å²) >= 11 is 0. The molecule has 19 heavy (non-hydrogen) atoms. The molecule has 5 heteroatoms. The molecule has 1 saturated carbocycles. The van der Waals surface area contributed by atoms with Gasteiger partial charge in [-0.25, -0.2) is 12.7 Å². The lowest BCUT2D eigenvalue weighted by Gasteiger charge is -2.33. The molecule has 1 aliphatic rings. The summed E-state index contributed by atoms with van der Waals surface area (Å²) in [5.74, 6) is 1.10. The highest BCUT2D eigenvalue weighted by Gasteiger charge is 2.29. The molecule has 0 spiro atoms. The second kappa shape index (κ2) is 8.22. The van der Waals surface area contributed by atoms with Crippen LogP contribution in [0.25, 0.3) is 0 Å². The van der Waals surface area contributed by atoms with Crippen LogP contribution in [0.3, 0.4) is 0 Å². The van der Waals surface area contributed by atoms with Crippen LogP contribution in [0.1, 0.15) is 51.9 Å². The van der Waals surface area contributed by atoms with Crippen molar-refractivity contribution in [3.63, 3.8) is 0 Å². The Balaban J connectivity index is 2.40. The highest BCUT2D eigenvalue weighted by molar-refractivity contribution is 7.89. The van der Waals surface area contributed by atoms with E-state index in [4.69, 9.17) is 0 Å².